The number of nitrogens with zero attached hydrogens (tertiary/aromatic N) is 2. The van der Waals surface area contributed by atoms with E-state index in [4.69, 9.17) is 10.00 Å². The van der Waals surface area contributed by atoms with Gasteiger partial charge in [-0.1, -0.05) is 11.3 Å². The first-order valence-corrected chi connectivity index (χ1v) is 6.51. The molecule has 0 amide bonds. The Labute approximate surface area is 118 Å². The van der Waals surface area contributed by atoms with E-state index >= 15 is 0 Å². The molecule has 0 saturated heterocycles. The summed E-state index contributed by atoms with van der Waals surface area (Å²) in [6, 6.07) is 5.76. The highest BCUT2D eigenvalue weighted by atomic mass is 32.1. The zero-order chi connectivity index (χ0) is 14.5. The molecule has 0 aliphatic carbocycles. The minimum Gasteiger partial charge on any atom is -0.434 e. The van der Waals surface area contributed by atoms with Crippen molar-refractivity contribution in [3.05, 3.63) is 35.0 Å². The van der Waals surface area contributed by atoms with Crippen molar-refractivity contribution in [2.75, 3.05) is 6.61 Å². The predicted octanol–water partition coefficient (Wildman–Crippen LogP) is 3.36. The smallest absolute Gasteiger partial charge is 0.434 e. The van der Waals surface area contributed by atoms with Crippen LogP contribution in [-0.4, -0.2) is 17.7 Å². The van der Waals surface area contributed by atoms with Crippen LogP contribution >= 0.6 is 11.3 Å². The van der Waals surface area contributed by atoms with E-state index in [0.717, 1.165) is 17.4 Å². The van der Waals surface area contributed by atoms with Crippen molar-refractivity contribution in [1.82, 2.24) is 4.98 Å². The summed E-state index contributed by atoms with van der Waals surface area (Å²) >= 11 is 1.08. The molecule has 2 rings (SSSR count). The van der Waals surface area contributed by atoms with Gasteiger partial charge in [0, 0.05) is 10.9 Å². The number of aromatic nitrogens is 1. The van der Waals surface area contributed by atoms with Gasteiger partial charge in [-0.2, -0.15) is 5.26 Å². The van der Waals surface area contributed by atoms with Gasteiger partial charge in [-0.25, -0.2) is 14.2 Å². The summed E-state index contributed by atoms with van der Waals surface area (Å²) in [5.74, 6) is -0.528. The average molecular weight is 292 g/mol. The second kappa shape index (κ2) is 6.12. The van der Waals surface area contributed by atoms with Gasteiger partial charge in [-0.3, -0.25) is 0 Å². The Morgan fingerprint density at radius 3 is 3.00 bits per heavy atom. The van der Waals surface area contributed by atoms with Crippen molar-refractivity contribution in [3.8, 4) is 22.5 Å². The van der Waals surface area contributed by atoms with Gasteiger partial charge >= 0.3 is 6.16 Å². The molecule has 1 heterocycles. The van der Waals surface area contributed by atoms with Crippen LogP contribution in [0.4, 0.5) is 9.18 Å². The Morgan fingerprint density at radius 1 is 1.50 bits per heavy atom. The number of benzene rings is 1. The van der Waals surface area contributed by atoms with E-state index in [1.165, 1.54) is 12.1 Å². The minimum atomic E-state index is -0.842. The van der Waals surface area contributed by atoms with Crippen LogP contribution in [0.1, 0.15) is 12.5 Å². The number of carbonyl (C=O) groups excluding carboxylic acids is 1. The summed E-state index contributed by atoms with van der Waals surface area (Å²) in [6.07, 6.45) is -0.842. The average Bonchev–Trinajstić information content (AvgIpc) is 2.86. The molecule has 1 aromatic carbocycles. The van der Waals surface area contributed by atoms with Crippen molar-refractivity contribution in [2.45, 2.75) is 6.92 Å². The minimum absolute atomic E-state index is 0.0984. The molecule has 5 nitrogen and oxygen atoms in total. The quantitative estimate of drug-likeness (QED) is 0.811. The number of ether oxygens (including phenoxy) is 2. The zero-order valence-electron chi connectivity index (χ0n) is 10.4. The molecule has 7 heteroatoms. The molecule has 0 aliphatic rings. The molecule has 1 aromatic heterocycles. The van der Waals surface area contributed by atoms with Crippen molar-refractivity contribution in [2.24, 2.45) is 0 Å². The third kappa shape index (κ3) is 3.30. The zero-order valence-corrected chi connectivity index (χ0v) is 11.2. The van der Waals surface area contributed by atoms with E-state index in [2.05, 4.69) is 9.72 Å². The molecule has 0 N–H and O–H groups in total. The number of halogens is 1. The van der Waals surface area contributed by atoms with Gasteiger partial charge in [0.15, 0.2) is 0 Å². The summed E-state index contributed by atoms with van der Waals surface area (Å²) in [6.45, 7) is 1.86. The molecule has 0 aliphatic heterocycles. The summed E-state index contributed by atoms with van der Waals surface area (Å²) in [5.41, 5.74) is 1.06. The van der Waals surface area contributed by atoms with Gasteiger partial charge in [0.2, 0.25) is 0 Å². The second-order valence-electron chi connectivity index (χ2n) is 3.62. The number of nitriles is 1. The third-order valence-corrected chi connectivity index (χ3v) is 2.96. The molecule has 2 aromatic rings. The SMILES string of the molecule is CCOC(=O)Oc1nc(-c2cc(F)cc(C#N)c2)cs1. The van der Waals surface area contributed by atoms with Gasteiger partial charge in [0.05, 0.1) is 23.9 Å². The number of hydrogen-bond donors (Lipinski definition) is 0. The first-order chi connectivity index (χ1) is 9.62. The number of hydrogen-bond acceptors (Lipinski definition) is 6. The first-order valence-electron chi connectivity index (χ1n) is 5.63. The van der Waals surface area contributed by atoms with Crippen LogP contribution in [0.3, 0.4) is 0 Å². The van der Waals surface area contributed by atoms with Gasteiger partial charge in [0.25, 0.3) is 5.19 Å². The summed E-state index contributed by atoms with van der Waals surface area (Å²) in [5, 5.41) is 10.5. The highest BCUT2D eigenvalue weighted by Crippen LogP contribution is 2.27. The Bertz CT molecular complexity index is 678. The van der Waals surface area contributed by atoms with E-state index in [0.29, 0.717) is 11.3 Å². The molecular weight excluding hydrogens is 283 g/mol. The standard InChI is InChI=1S/C13H9FN2O3S/c1-2-18-13(17)19-12-16-11(7-20-12)9-3-8(6-15)4-10(14)5-9/h3-5,7H,2H2,1H3. The predicted molar refractivity (Wildman–Crippen MR) is 69.9 cm³/mol. The Balaban J connectivity index is 2.23. The fraction of sp³-hybridized carbons (Fsp3) is 0.154. The van der Waals surface area contributed by atoms with E-state index in [9.17, 15) is 9.18 Å². The molecule has 102 valence electrons. The van der Waals surface area contributed by atoms with E-state index in [1.807, 2.05) is 6.07 Å². The van der Waals surface area contributed by atoms with Crippen LogP contribution in [0.5, 0.6) is 5.19 Å². The maximum absolute atomic E-state index is 13.3. The normalized spacial score (nSPS) is 9.85. The highest BCUT2D eigenvalue weighted by molar-refractivity contribution is 7.11. The number of carbonyl (C=O) groups is 1. The molecule has 0 radical (unpaired) electrons. The van der Waals surface area contributed by atoms with Gasteiger partial charge in [0.1, 0.15) is 5.82 Å². The van der Waals surface area contributed by atoms with E-state index < -0.39 is 12.0 Å². The number of thiazole rings is 1. The summed E-state index contributed by atoms with van der Waals surface area (Å²) in [4.78, 5) is 15.2. The van der Waals surface area contributed by atoms with E-state index in [-0.39, 0.29) is 17.4 Å². The van der Waals surface area contributed by atoms with Crippen LogP contribution < -0.4 is 4.74 Å². The fourth-order valence-electron chi connectivity index (χ4n) is 1.46. The lowest BCUT2D eigenvalue weighted by Crippen LogP contribution is -2.09. The molecular formula is C13H9FN2O3S. The lowest BCUT2D eigenvalue weighted by Gasteiger charge is -2.00. The van der Waals surface area contributed by atoms with Crippen LogP contribution in [0.25, 0.3) is 11.3 Å². The lowest BCUT2D eigenvalue weighted by atomic mass is 10.1. The van der Waals surface area contributed by atoms with Crippen molar-refractivity contribution in [1.29, 1.82) is 5.26 Å². The Hall–Kier alpha value is -2.46. The first kappa shape index (κ1) is 14.0. The molecule has 20 heavy (non-hydrogen) atoms. The highest BCUT2D eigenvalue weighted by Gasteiger charge is 2.12. The Kier molecular flexibility index (Phi) is 4.27. The monoisotopic (exact) mass is 292 g/mol. The van der Waals surface area contributed by atoms with Crippen molar-refractivity contribution >= 4 is 17.5 Å². The topological polar surface area (TPSA) is 72.2 Å². The fourth-order valence-corrected chi connectivity index (χ4v) is 2.13. The van der Waals surface area contributed by atoms with Gasteiger partial charge in [-0.15, -0.1) is 0 Å². The van der Waals surface area contributed by atoms with Crippen LogP contribution in [0, 0.1) is 17.1 Å². The second-order valence-corrected chi connectivity index (χ2v) is 4.44. The van der Waals surface area contributed by atoms with Gasteiger partial charge < -0.3 is 9.47 Å². The third-order valence-electron chi connectivity index (χ3n) is 2.24. The summed E-state index contributed by atoms with van der Waals surface area (Å²) in [7, 11) is 0. The van der Waals surface area contributed by atoms with Crippen LogP contribution in [0.2, 0.25) is 0 Å². The maximum atomic E-state index is 13.3. The lowest BCUT2D eigenvalue weighted by molar-refractivity contribution is 0.104. The molecule has 0 saturated carbocycles. The van der Waals surface area contributed by atoms with Crippen LogP contribution in [0.15, 0.2) is 23.6 Å². The molecule has 0 unspecified atom stereocenters. The Morgan fingerprint density at radius 2 is 2.30 bits per heavy atom. The summed E-state index contributed by atoms with van der Waals surface area (Å²) < 4.78 is 22.8. The maximum Gasteiger partial charge on any atom is 0.515 e. The number of rotatable bonds is 3. The van der Waals surface area contributed by atoms with Crippen molar-refractivity contribution in [3.63, 3.8) is 0 Å². The van der Waals surface area contributed by atoms with Crippen molar-refractivity contribution < 1.29 is 18.7 Å². The molecule has 0 spiro atoms. The largest absolute Gasteiger partial charge is 0.515 e. The van der Waals surface area contributed by atoms with Gasteiger partial charge in [-0.05, 0) is 25.1 Å². The van der Waals surface area contributed by atoms with E-state index in [1.54, 1.807) is 12.3 Å². The molecule has 0 fully saturated rings. The molecule has 0 atom stereocenters. The van der Waals surface area contributed by atoms with Crippen LogP contribution in [-0.2, 0) is 4.74 Å². The molecule has 0 bridgehead atoms.